The van der Waals surface area contributed by atoms with Crippen molar-refractivity contribution in [1.29, 1.82) is 0 Å². The predicted octanol–water partition coefficient (Wildman–Crippen LogP) is 0.856. The number of likely N-dealkylation sites (tertiary alicyclic amines) is 1. The number of aromatic nitrogens is 1. The highest BCUT2D eigenvalue weighted by Crippen LogP contribution is 2.23. The number of ether oxygens (including phenoxy) is 1. The Morgan fingerprint density at radius 3 is 2.87 bits per heavy atom. The molecule has 6 nitrogen and oxygen atoms in total. The average Bonchev–Trinajstić information content (AvgIpc) is 2.86. The molecule has 1 aliphatic heterocycles. The van der Waals surface area contributed by atoms with Crippen LogP contribution in [0.25, 0.3) is 0 Å². The third-order valence-corrected chi connectivity index (χ3v) is 4.05. The van der Waals surface area contributed by atoms with Crippen molar-refractivity contribution in [1.82, 2.24) is 14.8 Å². The number of carbonyl (C=O) groups is 1. The van der Waals surface area contributed by atoms with Crippen molar-refractivity contribution in [3.63, 3.8) is 0 Å². The van der Waals surface area contributed by atoms with E-state index in [1.165, 1.54) is 0 Å². The molecule has 1 amide bonds. The second kappa shape index (κ2) is 7.27. The molecule has 0 unspecified atom stereocenters. The van der Waals surface area contributed by atoms with Crippen molar-refractivity contribution in [3.8, 4) is 5.75 Å². The lowest BCUT2D eigenvalue weighted by atomic mass is 10.0. The molecular formula is C17H27N3O3. The van der Waals surface area contributed by atoms with Crippen LogP contribution in [0.3, 0.4) is 0 Å². The third kappa shape index (κ3) is 4.65. The van der Waals surface area contributed by atoms with Crippen LogP contribution in [-0.4, -0.2) is 71.7 Å². The van der Waals surface area contributed by atoms with Gasteiger partial charge in [-0.25, -0.2) is 0 Å². The molecule has 0 spiro atoms. The first-order chi connectivity index (χ1) is 10.8. The molecule has 0 radical (unpaired) electrons. The zero-order chi connectivity index (χ0) is 17.0. The standard InChI is InChI=1S/C17H27N3O3/c1-5-14-15(7-6-13(2)18-14)23-10-16(21)20-9-8-17(22,12-20)11-19(3)4/h6-7,22H,5,8-12H2,1-4H3/t17-/m0/s1. The molecule has 2 rings (SSSR count). The van der Waals surface area contributed by atoms with E-state index in [0.717, 1.165) is 17.8 Å². The number of rotatable bonds is 6. The van der Waals surface area contributed by atoms with Crippen LogP contribution in [0.1, 0.15) is 24.7 Å². The predicted molar refractivity (Wildman–Crippen MR) is 88.5 cm³/mol. The Balaban J connectivity index is 1.91. The van der Waals surface area contributed by atoms with E-state index in [2.05, 4.69) is 4.98 Å². The molecule has 6 heteroatoms. The summed E-state index contributed by atoms with van der Waals surface area (Å²) in [6, 6.07) is 3.74. The number of hydrogen-bond donors (Lipinski definition) is 1. The summed E-state index contributed by atoms with van der Waals surface area (Å²) in [7, 11) is 3.84. The first-order valence-corrected chi connectivity index (χ1v) is 8.07. The topological polar surface area (TPSA) is 65.9 Å². The van der Waals surface area contributed by atoms with E-state index >= 15 is 0 Å². The number of aliphatic hydroxyl groups is 1. The molecule has 2 heterocycles. The second-order valence-corrected chi connectivity index (χ2v) is 6.57. The summed E-state index contributed by atoms with van der Waals surface area (Å²) in [6.45, 7) is 5.41. The highest BCUT2D eigenvalue weighted by Gasteiger charge is 2.38. The SMILES string of the molecule is CCc1nc(C)ccc1OCC(=O)N1CC[C@](O)(CN(C)C)C1. The summed E-state index contributed by atoms with van der Waals surface area (Å²) in [5, 5.41) is 10.5. The highest BCUT2D eigenvalue weighted by molar-refractivity contribution is 5.78. The molecule has 0 aliphatic carbocycles. The van der Waals surface area contributed by atoms with Crippen LogP contribution < -0.4 is 4.74 Å². The average molecular weight is 321 g/mol. The molecule has 128 valence electrons. The molecule has 1 N–H and O–H groups in total. The van der Waals surface area contributed by atoms with E-state index in [-0.39, 0.29) is 12.5 Å². The van der Waals surface area contributed by atoms with Gasteiger partial charge in [0.05, 0.1) is 17.8 Å². The molecule has 1 aromatic heterocycles. The van der Waals surface area contributed by atoms with Gasteiger partial charge >= 0.3 is 0 Å². The minimum absolute atomic E-state index is 0.0181. The van der Waals surface area contributed by atoms with Crippen LogP contribution in [-0.2, 0) is 11.2 Å². The number of pyridine rings is 1. The summed E-state index contributed by atoms with van der Waals surface area (Å²) in [4.78, 5) is 20.4. The fourth-order valence-corrected chi connectivity index (χ4v) is 3.00. The number of nitrogens with zero attached hydrogens (tertiary/aromatic N) is 3. The fourth-order valence-electron chi connectivity index (χ4n) is 3.00. The lowest BCUT2D eigenvalue weighted by Crippen LogP contribution is -2.44. The largest absolute Gasteiger partial charge is 0.482 e. The number of amides is 1. The Labute approximate surface area is 138 Å². The maximum absolute atomic E-state index is 12.3. The van der Waals surface area contributed by atoms with Gasteiger partial charge in [0.1, 0.15) is 5.75 Å². The van der Waals surface area contributed by atoms with Gasteiger partial charge in [-0.15, -0.1) is 0 Å². The molecule has 1 aliphatic rings. The van der Waals surface area contributed by atoms with Gasteiger partial charge in [-0.2, -0.15) is 0 Å². The number of likely N-dealkylation sites (N-methyl/N-ethyl adjacent to an activating group) is 1. The van der Waals surface area contributed by atoms with Gasteiger partial charge in [-0.3, -0.25) is 9.78 Å². The number of hydrogen-bond acceptors (Lipinski definition) is 5. The van der Waals surface area contributed by atoms with Crippen LogP contribution in [0.15, 0.2) is 12.1 Å². The third-order valence-electron chi connectivity index (χ3n) is 4.05. The van der Waals surface area contributed by atoms with Gasteiger partial charge < -0.3 is 19.6 Å². The molecule has 0 aromatic carbocycles. The summed E-state index contributed by atoms with van der Waals surface area (Å²) in [5.74, 6) is 0.566. The Kier molecular flexibility index (Phi) is 5.59. The first-order valence-electron chi connectivity index (χ1n) is 8.07. The van der Waals surface area contributed by atoms with Gasteiger partial charge in [0.15, 0.2) is 6.61 Å². The summed E-state index contributed by atoms with van der Waals surface area (Å²) >= 11 is 0. The lowest BCUT2D eigenvalue weighted by Gasteiger charge is -2.26. The molecule has 1 atom stereocenters. The molecule has 23 heavy (non-hydrogen) atoms. The van der Waals surface area contributed by atoms with Crippen molar-refractivity contribution >= 4 is 5.91 Å². The molecule has 0 saturated carbocycles. The van der Waals surface area contributed by atoms with Crippen LogP contribution in [0, 0.1) is 6.92 Å². The quantitative estimate of drug-likeness (QED) is 0.842. The second-order valence-electron chi connectivity index (χ2n) is 6.57. The summed E-state index contributed by atoms with van der Waals surface area (Å²) in [5.41, 5.74) is 0.983. The van der Waals surface area contributed by atoms with E-state index in [0.29, 0.717) is 31.8 Å². The molecule has 1 aromatic rings. The minimum atomic E-state index is -0.820. The van der Waals surface area contributed by atoms with E-state index in [4.69, 9.17) is 4.74 Å². The van der Waals surface area contributed by atoms with Crippen molar-refractivity contribution in [2.75, 3.05) is 40.3 Å². The highest BCUT2D eigenvalue weighted by atomic mass is 16.5. The maximum Gasteiger partial charge on any atom is 0.260 e. The van der Waals surface area contributed by atoms with Gasteiger partial charge in [-0.1, -0.05) is 6.92 Å². The van der Waals surface area contributed by atoms with Gasteiger partial charge in [-0.05, 0) is 46.0 Å². The molecule has 1 saturated heterocycles. The van der Waals surface area contributed by atoms with E-state index in [1.54, 1.807) is 4.90 Å². The van der Waals surface area contributed by atoms with Crippen molar-refractivity contribution < 1.29 is 14.6 Å². The normalized spacial score (nSPS) is 21.0. The lowest BCUT2D eigenvalue weighted by molar-refractivity contribution is -0.133. The van der Waals surface area contributed by atoms with E-state index in [9.17, 15) is 9.90 Å². The smallest absolute Gasteiger partial charge is 0.260 e. The number of carbonyl (C=O) groups excluding carboxylic acids is 1. The molecular weight excluding hydrogens is 294 g/mol. The van der Waals surface area contributed by atoms with Crippen LogP contribution in [0.5, 0.6) is 5.75 Å². The van der Waals surface area contributed by atoms with Crippen molar-refractivity contribution in [2.45, 2.75) is 32.3 Å². The Morgan fingerprint density at radius 1 is 1.48 bits per heavy atom. The molecule has 0 bridgehead atoms. The zero-order valence-electron chi connectivity index (χ0n) is 14.5. The van der Waals surface area contributed by atoms with Crippen LogP contribution >= 0.6 is 0 Å². The summed E-state index contributed by atoms with van der Waals surface area (Å²) in [6.07, 6.45) is 1.36. The minimum Gasteiger partial charge on any atom is -0.482 e. The Morgan fingerprint density at radius 2 is 2.22 bits per heavy atom. The Bertz CT molecular complexity index is 562. The van der Waals surface area contributed by atoms with Gasteiger partial charge in [0.2, 0.25) is 0 Å². The zero-order valence-corrected chi connectivity index (χ0v) is 14.5. The fraction of sp³-hybridized carbons (Fsp3) is 0.647. The first kappa shape index (κ1) is 17.7. The van der Waals surface area contributed by atoms with Gasteiger partial charge in [0, 0.05) is 18.8 Å². The maximum atomic E-state index is 12.3. The Hall–Kier alpha value is -1.66. The van der Waals surface area contributed by atoms with Crippen molar-refractivity contribution in [2.24, 2.45) is 0 Å². The number of β-amino-alcohol motifs (C(OH)–C–C–N with tert-alkyl or cyclic N) is 1. The van der Waals surface area contributed by atoms with Crippen LogP contribution in [0.4, 0.5) is 0 Å². The van der Waals surface area contributed by atoms with Crippen LogP contribution in [0.2, 0.25) is 0 Å². The molecule has 1 fully saturated rings. The monoisotopic (exact) mass is 321 g/mol. The van der Waals surface area contributed by atoms with E-state index in [1.807, 2.05) is 45.0 Å². The van der Waals surface area contributed by atoms with Crippen molar-refractivity contribution in [3.05, 3.63) is 23.5 Å². The van der Waals surface area contributed by atoms with Gasteiger partial charge in [0.25, 0.3) is 5.91 Å². The van der Waals surface area contributed by atoms with E-state index < -0.39 is 5.60 Å². The summed E-state index contributed by atoms with van der Waals surface area (Å²) < 4.78 is 5.66. The number of aryl methyl sites for hydroxylation is 2.